The maximum Gasteiger partial charge on any atom is 0.140 e. The summed E-state index contributed by atoms with van der Waals surface area (Å²) >= 11 is 0. The molecule has 6 heteroatoms. The van der Waals surface area contributed by atoms with Gasteiger partial charge in [-0.2, -0.15) is 0 Å². The van der Waals surface area contributed by atoms with E-state index in [-0.39, 0.29) is 0 Å². The third-order valence-electron chi connectivity index (χ3n) is 5.54. The Labute approximate surface area is 176 Å². The van der Waals surface area contributed by atoms with Crippen LogP contribution in [-0.2, 0) is 0 Å². The van der Waals surface area contributed by atoms with Crippen molar-refractivity contribution < 1.29 is 19.1 Å². The fourth-order valence-electron chi connectivity index (χ4n) is 3.88. The van der Waals surface area contributed by atoms with Gasteiger partial charge in [0.2, 0.25) is 0 Å². The highest BCUT2D eigenvalue weighted by atomic mass is 16.5. The van der Waals surface area contributed by atoms with E-state index in [1.807, 2.05) is 36.4 Å². The van der Waals surface area contributed by atoms with Crippen LogP contribution in [0.2, 0.25) is 0 Å². The molecule has 2 heterocycles. The molecule has 0 bridgehead atoms. The molecule has 0 atom stereocenters. The monoisotopic (exact) mass is 408 g/mol. The molecule has 4 rings (SSSR count). The van der Waals surface area contributed by atoms with Gasteiger partial charge in [-0.25, -0.2) is 0 Å². The maximum atomic E-state index is 9.42. The van der Waals surface area contributed by atoms with Gasteiger partial charge in [0.25, 0.3) is 0 Å². The van der Waals surface area contributed by atoms with Gasteiger partial charge in [-0.05, 0) is 68.8 Å². The van der Waals surface area contributed by atoms with E-state index in [2.05, 4.69) is 10.1 Å². The minimum Gasteiger partial charge on any atom is -0.497 e. The van der Waals surface area contributed by atoms with Crippen LogP contribution in [-0.4, -0.2) is 43.5 Å². The average Bonchev–Trinajstić information content (AvgIpc) is 2.81. The summed E-state index contributed by atoms with van der Waals surface area (Å²) in [6, 6.07) is 14.9. The predicted molar refractivity (Wildman–Crippen MR) is 116 cm³/mol. The van der Waals surface area contributed by atoms with Crippen molar-refractivity contribution in [2.45, 2.75) is 25.7 Å². The number of rotatable bonds is 7. The molecule has 0 spiro atoms. The Morgan fingerprint density at radius 1 is 1.00 bits per heavy atom. The molecule has 1 aromatic heterocycles. The first-order valence-corrected chi connectivity index (χ1v) is 10.5. The molecular formula is C24H28N2O4. The second kappa shape index (κ2) is 9.67. The van der Waals surface area contributed by atoms with Crippen molar-refractivity contribution in [3.8, 4) is 22.8 Å². The van der Waals surface area contributed by atoms with Crippen molar-refractivity contribution >= 4 is 11.0 Å². The van der Waals surface area contributed by atoms with Crippen molar-refractivity contribution in [1.29, 1.82) is 0 Å². The van der Waals surface area contributed by atoms with E-state index in [4.69, 9.17) is 13.9 Å². The summed E-state index contributed by atoms with van der Waals surface area (Å²) in [7, 11) is 1.60. The summed E-state index contributed by atoms with van der Waals surface area (Å²) in [6.07, 6.45) is 5.04. The molecule has 1 aliphatic heterocycles. The van der Waals surface area contributed by atoms with Gasteiger partial charge in [0, 0.05) is 29.6 Å². The molecule has 0 saturated carbocycles. The fraction of sp³-hybridized carbons (Fsp3) is 0.375. The van der Waals surface area contributed by atoms with Crippen LogP contribution in [0.25, 0.3) is 22.3 Å². The topological polar surface area (TPSA) is 67.4 Å². The van der Waals surface area contributed by atoms with Crippen LogP contribution in [0.15, 0.2) is 58.1 Å². The highest BCUT2D eigenvalue weighted by Crippen LogP contribution is 2.26. The zero-order valence-corrected chi connectivity index (χ0v) is 17.3. The summed E-state index contributed by atoms with van der Waals surface area (Å²) in [5.74, 6) is 2.13. The van der Waals surface area contributed by atoms with Crippen LogP contribution in [0.4, 0.5) is 0 Å². The molecule has 1 aliphatic rings. The van der Waals surface area contributed by atoms with Crippen molar-refractivity contribution in [2.75, 3.05) is 33.4 Å². The van der Waals surface area contributed by atoms with Gasteiger partial charge >= 0.3 is 0 Å². The normalized spacial score (nSPS) is 15.4. The first-order chi connectivity index (χ1) is 14.8. The summed E-state index contributed by atoms with van der Waals surface area (Å²) in [5.41, 5.74) is 1.47. The molecule has 2 aromatic carbocycles. The minimum absolute atomic E-state index is 0.451. The Balaban J connectivity index is 1.43. The number of piperidine rings is 1. The van der Waals surface area contributed by atoms with Crippen LogP contribution in [0.1, 0.15) is 25.7 Å². The van der Waals surface area contributed by atoms with Gasteiger partial charge in [-0.15, -0.1) is 0 Å². The van der Waals surface area contributed by atoms with Crippen LogP contribution in [0.5, 0.6) is 11.5 Å². The molecule has 1 saturated heterocycles. The molecule has 0 unspecified atom stereocenters. The van der Waals surface area contributed by atoms with Gasteiger partial charge in [0.05, 0.1) is 13.7 Å². The smallest absolute Gasteiger partial charge is 0.140 e. The quantitative estimate of drug-likeness (QED) is 0.350. The van der Waals surface area contributed by atoms with Crippen LogP contribution in [0, 0.1) is 0 Å². The summed E-state index contributed by atoms with van der Waals surface area (Å²) in [6.45, 7) is 4.25. The summed E-state index contributed by atoms with van der Waals surface area (Å²) < 4.78 is 17.2. The van der Waals surface area contributed by atoms with Crippen molar-refractivity contribution in [1.82, 2.24) is 4.90 Å². The van der Waals surface area contributed by atoms with E-state index in [0.29, 0.717) is 29.1 Å². The molecule has 6 nitrogen and oxygen atoms in total. The molecule has 0 radical (unpaired) electrons. The zero-order valence-electron chi connectivity index (χ0n) is 17.3. The molecule has 0 aliphatic carbocycles. The molecule has 30 heavy (non-hydrogen) atoms. The van der Waals surface area contributed by atoms with Crippen molar-refractivity contribution in [3.05, 3.63) is 53.9 Å². The average molecular weight is 408 g/mol. The van der Waals surface area contributed by atoms with Crippen LogP contribution >= 0.6 is 0 Å². The Morgan fingerprint density at radius 2 is 1.77 bits per heavy atom. The maximum absolute atomic E-state index is 9.42. The number of nitrogens with zero attached hydrogens (tertiary/aromatic N) is 2. The van der Waals surface area contributed by atoms with E-state index in [9.17, 15) is 5.21 Å². The molecule has 1 fully saturated rings. The van der Waals surface area contributed by atoms with E-state index in [1.54, 1.807) is 19.2 Å². The lowest BCUT2D eigenvalue weighted by Crippen LogP contribution is -2.31. The van der Waals surface area contributed by atoms with Gasteiger partial charge in [0.15, 0.2) is 0 Å². The Hall–Kier alpha value is -2.99. The number of methoxy groups -OCH3 is 1. The molecular weight excluding hydrogens is 380 g/mol. The Morgan fingerprint density at radius 3 is 2.50 bits per heavy atom. The van der Waals surface area contributed by atoms with E-state index < -0.39 is 0 Å². The number of benzene rings is 2. The largest absolute Gasteiger partial charge is 0.497 e. The van der Waals surface area contributed by atoms with E-state index in [0.717, 1.165) is 29.7 Å². The molecule has 3 aromatic rings. The Kier molecular flexibility index (Phi) is 6.54. The minimum atomic E-state index is 0.451. The summed E-state index contributed by atoms with van der Waals surface area (Å²) in [5, 5.41) is 14.0. The number of hydrogen-bond acceptors (Lipinski definition) is 6. The second-order valence-electron chi connectivity index (χ2n) is 7.59. The SMILES string of the molecule is COc1ccc2/c(=N/O)cc(-c3ccc(OCCCN4CCCCC4)cc3)oc2c1. The number of likely N-dealkylation sites (tertiary alicyclic amines) is 1. The van der Waals surface area contributed by atoms with E-state index >= 15 is 0 Å². The lowest BCUT2D eigenvalue weighted by molar-refractivity contribution is 0.205. The number of hydrogen-bond donors (Lipinski definition) is 1. The van der Waals surface area contributed by atoms with Crippen molar-refractivity contribution in [2.24, 2.45) is 5.16 Å². The van der Waals surface area contributed by atoms with Crippen molar-refractivity contribution in [3.63, 3.8) is 0 Å². The van der Waals surface area contributed by atoms with Gasteiger partial charge in [-0.1, -0.05) is 11.6 Å². The first-order valence-electron chi connectivity index (χ1n) is 10.5. The summed E-state index contributed by atoms with van der Waals surface area (Å²) in [4.78, 5) is 2.52. The first kappa shape index (κ1) is 20.3. The van der Waals surface area contributed by atoms with Crippen LogP contribution in [0.3, 0.4) is 0 Å². The van der Waals surface area contributed by atoms with Gasteiger partial charge in [-0.3, -0.25) is 0 Å². The molecule has 158 valence electrons. The third kappa shape index (κ3) is 4.76. The van der Waals surface area contributed by atoms with Gasteiger partial charge < -0.3 is 24.0 Å². The Bertz CT molecular complexity index is 1040. The molecule has 1 N–H and O–H groups in total. The lowest BCUT2D eigenvalue weighted by atomic mass is 10.1. The van der Waals surface area contributed by atoms with Crippen LogP contribution < -0.4 is 14.8 Å². The lowest BCUT2D eigenvalue weighted by Gasteiger charge is -2.26. The highest BCUT2D eigenvalue weighted by molar-refractivity contribution is 5.79. The van der Waals surface area contributed by atoms with Gasteiger partial charge in [0.1, 0.15) is 28.2 Å². The highest BCUT2D eigenvalue weighted by Gasteiger charge is 2.10. The fourth-order valence-corrected chi connectivity index (χ4v) is 3.88. The second-order valence-corrected chi connectivity index (χ2v) is 7.59. The zero-order chi connectivity index (χ0) is 20.8. The number of ether oxygens (including phenoxy) is 2. The third-order valence-corrected chi connectivity index (χ3v) is 5.54. The number of fused-ring (bicyclic) bond motifs is 1. The van der Waals surface area contributed by atoms with E-state index in [1.165, 1.54) is 32.4 Å². The molecule has 0 amide bonds. The standard InChI is InChI=1S/C24H28N2O4/c1-28-20-10-11-21-22(25-27)17-23(30-24(21)16-20)18-6-8-19(9-7-18)29-15-5-14-26-12-3-2-4-13-26/h6-11,16-17,27H,2-5,12-15H2,1H3/b25-22+. The predicted octanol–water partition coefficient (Wildman–Crippen LogP) is 4.65.